The van der Waals surface area contributed by atoms with E-state index in [0.717, 1.165) is 45.1 Å². The Balaban J connectivity index is 1.17. The maximum Gasteiger partial charge on any atom is 0.410 e. The molecule has 2 heterocycles. The number of carbonyl (C=O) groups is 1. The maximum atomic E-state index is 13.3. The Labute approximate surface area is 183 Å². The monoisotopic (exact) mass is 419 g/mol. The molecular formula is C26H29NO4. The van der Waals surface area contributed by atoms with Crippen LogP contribution in [0.15, 0.2) is 48.5 Å². The van der Waals surface area contributed by atoms with Crippen LogP contribution in [0.3, 0.4) is 0 Å². The van der Waals surface area contributed by atoms with E-state index in [9.17, 15) is 4.79 Å². The van der Waals surface area contributed by atoms with Gasteiger partial charge in [-0.15, -0.1) is 0 Å². The highest BCUT2D eigenvalue weighted by Crippen LogP contribution is 2.48. The zero-order chi connectivity index (χ0) is 20.9. The van der Waals surface area contributed by atoms with Crippen molar-refractivity contribution in [1.29, 1.82) is 0 Å². The Hall–Kier alpha value is -2.37. The second kappa shape index (κ2) is 7.35. The van der Waals surface area contributed by atoms with E-state index in [1.54, 1.807) is 0 Å². The van der Waals surface area contributed by atoms with Crippen LogP contribution in [0, 0.1) is 0 Å². The van der Waals surface area contributed by atoms with Gasteiger partial charge >= 0.3 is 6.09 Å². The number of benzene rings is 2. The van der Waals surface area contributed by atoms with Gasteiger partial charge in [0.1, 0.15) is 6.61 Å². The van der Waals surface area contributed by atoms with Gasteiger partial charge in [-0.3, -0.25) is 0 Å². The van der Waals surface area contributed by atoms with E-state index in [-0.39, 0.29) is 17.6 Å². The van der Waals surface area contributed by atoms with Gasteiger partial charge in [0, 0.05) is 30.8 Å². The van der Waals surface area contributed by atoms with E-state index in [4.69, 9.17) is 14.2 Å². The van der Waals surface area contributed by atoms with Gasteiger partial charge in [0.15, 0.2) is 5.79 Å². The van der Waals surface area contributed by atoms with Crippen molar-refractivity contribution in [3.8, 4) is 11.1 Å². The van der Waals surface area contributed by atoms with Crippen molar-refractivity contribution < 1.29 is 19.0 Å². The molecule has 1 saturated carbocycles. The summed E-state index contributed by atoms with van der Waals surface area (Å²) in [5.74, 6) is -0.300. The number of nitrogens with zero attached hydrogens (tertiary/aromatic N) is 1. The number of likely N-dealkylation sites (tertiary alicyclic amines) is 1. The summed E-state index contributed by atoms with van der Waals surface area (Å²) in [6.07, 6.45) is 5.50. The molecule has 2 aliphatic heterocycles. The van der Waals surface area contributed by atoms with E-state index in [2.05, 4.69) is 48.5 Å². The van der Waals surface area contributed by atoms with Crippen LogP contribution in [0.2, 0.25) is 0 Å². The molecular weight excluding hydrogens is 390 g/mol. The Morgan fingerprint density at radius 1 is 0.903 bits per heavy atom. The number of ether oxygens (including phenoxy) is 3. The first kappa shape index (κ1) is 19.3. The van der Waals surface area contributed by atoms with Gasteiger partial charge in [-0.25, -0.2) is 4.79 Å². The van der Waals surface area contributed by atoms with Crippen LogP contribution in [0.5, 0.6) is 0 Å². The lowest BCUT2D eigenvalue weighted by Gasteiger charge is -2.45. The minimum Gasteiger partial charge on any atom is -0.448 e. The summed E-state index contributed by atoms with van der Waals surface area (Å²) < 4.78 is 17.8. The topological polar surface area (TPSA) is 48.0 Å². The van der Waals surface area contributed by atoms with Crippen LogP contribution >= 0.6 is 0 Å². The average molecular weight is 420 g/mol. The van der Waals surface area contributed by atoms with E-state index < -0.39 is 5.79 Å². The smallest absolute Gasteiger partial charge is 0.410 e. The van der Waals surface area contributed by atoms with Crippen LogP contribution in [-0.4, -0.2) is 48.7 Å². The van der Waals surface area contributed by atoms with Crippen molar-refractivity contribution in [2.24, 2.45) is 0 Å². The molecule has 4 aliphatic rings. The summed E-state index contributed by atoms with van der Waals surface area (Å²) in [5.41, 5.74) is 4.92. The van der Waals surface area contributed by atoms with Crippen molar-refractivity contribution in [3.63, 3.8) is 0 Å². The van der Waals surface area contributed by atoms with Crippen LogP contribution < -0.4 is 0 Å². The largest absolute Gasteiger partial charge is 0.448 e. The van der Waals surface area contributed by atoms with Crippen molar-refractivity contribution in [3.05, 3.63) is 59.7 Å². The summed E-state index contributed by atoms with van der Waals surface area (Å²) in [7, 11) is 0. The number of rotatable bonds is 2. The van der Waals surface area contributed by atoms with E-state index in [1.165, 1.54) is 22.3 Å². The predicted octanol–water partition coefficient (Wildman–Crippen LogP) is 5.09. The van der Waals surface area contributed by atoms with Gasteiger partial charge in [0.25, 0.3) is 0 Å². The molecule has 2 aromatic carbocycles. The van der Waals surface area contributed by atoms with Crippen molar-refractivity contribution in [1.82, 2.24) is 4.90 Å². The fraction of sp³-hybridized carbons (Fsp3) is 0.500. The first-order chi connectivity index (χ1) is 15.2. The molecule has 0 unspecified atom stereocenters. The van der Waals surface area contributed by atoms with E-state index in [0.29, 0.717) is 19.8 Å². The SMILES string of the molecule is O=C(OCC1c2ccccc2-c2ccccc21)N1CCCC12CCC1(CC2)OCCO1. The Morgan fingerprint density at radius 3 is 2.16 bits per heavy atom. The first-order valence-corrected chi connectivity index (χ1v) is 11.6. The molecule has 2 saturated heterocycles. The van der Waals surface area contributed by atoms with Gasteiger partial charge < -0.3 is 19.1 Å². The fourth-order valence-electron chi connectivity index (χ4n) is 6.30. The molecule has 0 N–H and O–H groups in total. The molecule has 5 nitrogen and oxygen atoms in total. The predicted molar refractivity (Wildman–Crippen MR) is 117 cm³/mol. The highest BCUT2D eigenvalue weighted by Gasteiger charge is 2.52. The fourth-order valence-corrected chi connectivity index (χ4v) is 6.30. The first-order valence-electron chi connectivity index (χ1n) is 11.6. The second-order valence-electron chi connectivity index (χ2n) is 9.39. The van der Waals surface area contributed by atoms with Gasteiger partial charge in [0.2, 0.25) is 0 Å². The van der Waals surface area contributed by atoms with E-state index in [1.807, 2.05) is 4.90 Å². The van der Waals surface area contributed by atoms with E-state index >= 15 is 0 Å². The highest BCUT2D eigenvalue weighted by atomic mass is 16.7. The van der Waals surface area contributed by atoms with Crippen molar-refractivity contribution in [2.45, 2.75) is 55.8 Å². The minimum atomic E-state index is -0.402. The molecule has 162 valence electrons. The zero-order valence-electron chi connectivity index (χ0n) is 17.8. The molecule has 6 rings (SSSR count). The van der Waals surface area contributed by atoms with Gasteiger partial charge in [-0.2, -0.15) is 0 Å². The second-order valence-corrected chi connectivity index (χ2v) is 9.39. The average Bonchev–Trinajstić information content (AvgIpc) is 3.51. The number of hydrogen-bond donors (Lipinski definition) is 0. The molecule has 2 aromatic rings. The van der Waals surface area contributed by atoms with Gasteiger partial charge in [-0.1, -0.05) is 48.5 Å². The van der Waals surface area contributed by atoms with Crippen LogP contribution in [0.4, 0.5) is 4.79 Å². The zero-order valence-corrected chi connectivity index (χ0v) is 17.8. The summed E-state index contributed by atoms with van der Waals surface area (Å²) in [4.78, 5) is 15.3. The van der Waals surface area contributed by atoms with Crippen LogP contribution in [0.1, 0.15) is 55.6 Å². The van der Waals surface area contributed by atoms with Crippen molar-refractivity contribution in [2.75, 3.05) is 26.4 Å². The number of fused-ring (bicyclic) bond motifs is 3. The van der Waals surface area contributed by atoms with Gasteiger partial charge in [0.05, 0.1) is 13.2 Å². The molecule has 0 radical (unpaired) electrons. The minimum absolute atomic E-state index is 0.0941. The number of amides is 1. The summed E-state index contributed by atoms with van der Waals surface area (Å²) in [6, 6.07) is 16.9. The number of hydrogen-bond acceptors (Lipinski definition) is 4. The quantitative estimate of drug-likeness (QED) is 0.681. The summed E-state index contributed by atoms with van der Waals surface area (Å²) in [6.45, 7) is 2.53. The molecule has 5 heteroatoms. The molecule has 3 fully saturated rings. The molecule has 2 aliphatic carbocycles. The van der Waals surface area contributed by atoms with Crippen LogP contribution in [-0.2, 0) is 14.2 Å². The standard InChI is InChI=1S/C26H29NO4/c28-24(27-15-5-10-25(27)11-13-26(14-12-25)30-16-17-31-26)29-18-23-21-8-3-1-6-19(21)20-7-2-4-9-22(20)23/h1-4,6-9,23H,5,10-18H2. The molecule has 0 bridgehead atoms. The Morgan fingerprint density at radius 2 is 1.52 bits per heavy atom. The lowest BCUT2D eigenvalue weighted by atomic mass is 9.77. The molecule has 0 atom stereocenters. The highest BCUT2D eigenvalue weighted by molar-refractivity contribution is 5.79. The molecule has 1 amide bonds. The lowest BCUT2D eigenvalue weighted by molar-refractivity contribution is -0.190. The number of carbonyl (C=O) groups excluding carboxylic acids is 1. The molecule has 2 spiro atoms. The normalized spacial score (nSPS) is 23.3. The van der Waals surface area contributed by atoms with Crippen LogP contribution in [0.25, 0.3) is 11.1 Å². The maximum absolute atomic E-state index is 13.3. The van der Waals surface area contributed by atoms with Crippen molar-refractivity contribution >= 4 is 6.09 Å². The van der Waals surface area contributed by atoms with Gasteiger partial charge in [-0.05, 0) is 47.9 Å². The lowest BCUT2D eigenvalue weighted by Crippen LogP contribution is -2.53. The molecule has 31 heavy (non-hydrogen) atoms. The third-order valence-corrected chi connectivity index (χ3v) is 7.91. The third-order valence-electron chi connectivity index (χ3n) is 7.91. The third kappa shape index (κ3) is 3.09. The molecule has 0 aromatic heterocycles. The Kier molecular flexibility index (Phi) is 4.58. The summed E-state index contributed by atoms with van der Waals surface area (Å²) in [5, 5.41) is 0. The summed E-state index contributed by atoms with van der Waals surface area (Å²) >= 11 is 0. The Bertz CT molecular complexity index is 941.